The summed E-state index contributed by atoms with van der Waals surface area (Å²) in [5.41, 5.74) is 6.64. The predicted octanol–water partition coefficient (Wildman–Crippen LogP) is 2.43. The molecule has 2 atom stereocenters. The van der Waals surface area contributed by atoms with Crippen molar-refractivity contribution >= 4 is 17.3 Å². The van der Waals surface area contributed by atoms with Gasteiger partial charge in [-0.2, -0.15) is 0 Å². The molecule has 1 aliphatic rings. The monoisotopic (exact) mass is 256 g/mol. The van der Waals surface area contributed by atoms with Gasteiger partial charge in [-0.3, -0.25) is 10.1 Å². The number of nitro groups is 1. The molecule has 1 fully saturated rings. The van der Waals surface area contributed by atoms with Crippen molar-refractivity contribution in [3.8, 4) is 0 Å². The van der Waals surface area contributed by atoms with Gasteiger partial charge in [-0.05, 0) is 24.5 Å². The molecular formula is C11H13ClN2O3. The first-order valence-corrected chi connectivity index (χ1v) is 5.78. The molecule has 5 nitrogen and oxygen atoms in total. The van der Waals surface area contributed by atoms with Gasteiger partial charge < -0.3 is 10.5 Å². The number of benzene rings is 1. The summed E-state index contributed by atoms with van der Waals surface area (Å²) >= 11 is 5.84. The Morgan fingerprint density at radius 1 is 1.53 bits per heavy atom. The van der Waals surface area contributed by atoms with Crippen molar-refractivity contribution < 1.29 is 9.66 Å². The quantitative estimate of drug-likeness (QED) is 0.665. The van der Waals surface area contributed by atoms with Gasteiger partial charge in [0.25, 0.3) is 5.69 Å². The average molecular weight is 257 g/mol. The van der Waals surface area contributed by atoms with Gasteiger partial charge >= 0.3 is 0 Å². The van der Waals surface area contributed by atoms with E-state index in [9.17, 15) is 10.1 Å². The number of hydrogen-bond acceptors (Lipinski definition) is 4. The average Bonchev–Trinajstić information content (AvgIpc) is 2.80. The van der Waals surface area contributed by atoms with Crippen LogP contribution in [0.15, 0.2) is 18.2 Å². The molecule has 1 aromatic carbocycles. The lowest BCUT2D eigenvalue weighted by Gasteiger charge is -2.18. The van der Waals surface area contributed by atoms with Crippen molar-refractivity contribution in [2.45, 2.75) is 25.0 Å². The highest BCUT2D eigenvalue weighted by atomic mass is 35.5. The molecule has 1 saturated heterocycles. The summed E-state index contributed by atoms with van der Waals surface area (Å²) in [6, 6.07) is 4.06. The Morgan fingerprint density at radius 2 is 2.29 bits per heavy atom. The molecule has 0 bridgehead atoms. The van der Waals surface area contributed by atoms with E-state index in [1.165, 1.54) is 12.1 Å². The maximum Gasteiger partial charge on any atom is 0.271 e. The van der Waals surface area contributed by atoms with Crippen LogP contribution >= 0.6 is 11.6 Å². The Balaban J connectivity index is 2.27. The summed E-state index contributed by atoms with van der Waals surface area (Å²) in [7, 11) is 0. The Morgan fingerprint density at radius 3 is 2.88 bits per heavy atom. The zero-order chi connectivity index (χ0) is 12.4. The highest BCUT2D eigenvalue weighted by Crippen LogP contribution is 2.29. The normalized spacial score (nSPS) is 21.4. The van der Waals surface area contributed by atoms with Crippen molar-refractivity contribution in [3.05, 3.63) is 38.9 Å². The molecular weight excluding hydrogens is 244 g/mol. The smallest absolute Gasteiger partial charge is 0.271 e. The van der Waals surface area contributed by atoms with E-state index in [2.05, 4.69) is 0 Å². The number of nitrogens with zero attached hydrogens (tertiary/aromatic N) is 1. The molecule has 0 amide bonds. The molecule has 1 heterocycles. The van der Waals surface area contributed by atoms with Gasteiger partial charge in [0.1, 0.15) is 0 Å². The van der Waals surface area contributed by atoms with E-state index in [1.807, 2.05) is 0 Å². The fourth-order valence-corrected chi connectivity index (χ4v) is 2.23. The van der Waals surface area contributed by atoms with Gasteiger partial charge in [0.2, 0.25) is 0 Å². The maximum atomic E-state index is 10.7. The molecule has 0 aromatic heterocycles. The van der Waals surface area contributed by atoms with Crippen LogP contribution in [0, 0.1) is 10.1 Å². The summed E-state index contributed by atoms with van der Waals surface area (Å²) in [6.07, 6.45) is 1.77. The Bertz CT molecular complexity index is 433. The van der Waals surface area contributed by atoms with Crippen molar-refractivity contribution in [3.63, 3.8) is 0 Å². The van der Waals surface area contributed by atoms with Crippen molar-refractivity contribution in [2.24, 2.45) is 5.73 Å². The van der Waals surface area contributed by atoms with E-state index in [4.69, 9.17) is 22.1 Å². The van der Waals surface area contributed by atoms with Crippen molar-refractivity contribution in [1.29, 1.82) is 0 Å². The molecule has 1 aromatic rings. The standard InChI is InChI=1S/C11H13ClN2O3/c12-8-4-7(5-9(6-8)14(15)16)11(13)10-2-1-3-17-10/h4-6,10-11H,1-3,13H2. The lowest BCUT2D eigenvalue weighted by atomic mass is 10.00. The van der Waals surface area contributed by atoms with Crippen molar-refractivity contribution in [2.75, 3.05) is 6.61 Å². The predicted molar refractivity (Wildman–Crippen MR) is 64.0 cm³/mol. The highest BCUT2D eigenvalue weighted by molar-refractivity contribution is 6.30. The SMILES string of the molecule is NC(c1cc(Cl)cc([N+](=O)[O-])c1)C1CCCO1. The van der Waals surface area contributed by atoms with Gasteiger partial charge in [0, 0.05) is 23.8 Å². The topological polar surface area (TPSA) is 78.4 Å². The van der Waals surface area contributed by atoms with E-state index in [0.29, 0.717) is 17.2 Å². The van der Waals surface area contributed by atoms with Gasteiger partial charge in [-0.15, -0.1) is 0 Å². The molecule has 0 spiro atoms. The second kappa shape index (κ2) is 5.00. The van der Waals surface area contributed by atoms with E-state index in [0.717, 1.165) is 12.8 Å². The van der Waals surface area contributed by atoms with Crippen LogP contribution in [0.2, 0.25) is 5.02 Å². The molecule has 92 valence electrons. The van der Waals surface area contributed by atoms with Gasteiger partial charge in [0.15, 0.2) is 0 Å². The van der Waals surface area contributed by atoms with Crippen LogP contribution in [-0.2, 0) is 4.74 Å². The second-order valence-corrected chi connectivity index (χ2v) is 4.51. The van der Waals surface area contributed by atoms with E-state index in [-0.39, 0.29) is 17.8 Å². The number of ether oxygens (including phenoxy) is 1. The lowest BCUT2D eigenvalue weighted by Crippen LogP contribution is -2.25. The van der Waals surface area contributed by atoms with Crippen LogP contribution in [0.1, 0.15) is 24.4 Å². The third-order valence-corrected chi connectivity index (χ3v) is 3.08. The minimum atomic E-state index is -0.475. The molecule has 2 unspecified atom stereocenters. The summed E-state index contributed by atoms with van der Waals surface area (Å²) in [5, 5.41) is 11.0. The lowest BCUT2D eigenvalue weighted by molar-refractivity contribution is -0.384. The minimum absolute atomic E-state index is 0.0408. The zero-order valence-electron chi connectivity index (χ0n) is 9.14. The summed E-state index contributed by atoms with van der Waals surface area (Å²) < 4.78 is 5.47. The van der Waals surface area contributed by atoms with E-state index in [1.54, 1.807) is 6.07 Å². The van der Waals surface area contributed by atoms with Gasteiger partial charge in [0.05, 0.1) is 17.1 Å². The first-order valence-electron chi connectivity index (χ1n) is 5.40. The van der Waals surface area contributed by atoms with Crippen LogP contribution in [0.4, 0.5) is 5.69 Å². The number of halogens is 1. The first kappa shape index (κ1) is 12.3. The molecule has 17 heavy (non-hydrogen) atoms. The number of rotatable bonds is 3. The van der Waals surface area contributed by atoms with E-state index >= 15 is 0 Å². The Hall–Kier alpha value is -1.17. The summed E-state index contributed by atoms with van der Waals surface area (Å²) in [4.78, 5) is 10.2. The van der Waals surface area contributed by atoms with Crippen LogP contribution < -0.4 is 5.73 Å². The first-order chi connectivity index (χ1) is 8.08. The fraction of sp³-hybridized carbons (Fsp3) is 0.455. The highest BCUT2D eigenvalue weighted by Gasteiger charge is 2.25. The summed E-state index contributed by atoms with van der Waals surface area (Å²) in [5.74, 6) is 0. The number of hydrogen-bond donors (Lipinski definition) is 1. The van der Waals surface area contributed by atoms with Gasteiger partial charge in [-0.25, -0.2) is 0 Å². The Labute approximate surface area is 104 Å². The zero-order valence-corrected chi connectivity index (χ0v) is 9.89. The number of nitrogens with two attached hydrogens (primary N) is 1. The van der Waals surface area contributed by atoms with Crippen LogP contribution in [0.3, 0.4) is 0 Å². The maximum absolute atomic E-state index is 10.7. The van der Waals surface area contributed by atoms with Crippen molar-refractivity contribution in [1.82, 2.24) is 0 Å². The molecule has 2 N–H and O–H groups in total. The van der Waals surface area contributed by atoms with Crippen LogP contribution in [0.5, 0.6) is 0 Å². The summed E-state index contributed by atoms with van der Waals surface area (Å²) in [6.45, 7) is 0.695. The second-order valence-electron chi connectivity index (χ2n) is 4.08. The molecule has 2 rings (SSSR count). The number of nitro benzene ring substituents is 1. The molecule has 1 aliphatic heterocycles. The fourth-order valence-electron chi connectivity index (χ4n) is 1.99. The molecule has 0 saturated carbocycles. The van der Waals surface area contributed by atoms with Gasteiger partial charge in [-0.1, -0.05) is 11.6 Å². The van der Waals surface area contributed by atoms with E-state index < -0.39 is 4.92 Å². The Kier molecular flexibility index (Phi) is 3.61. The molecule has 0 radical (unpaired) electrons. The van der Waals surface area contributed by atoms with Crippen LogP contribution in [-0.4, -0.2) is 17.6 Å². The molecule has 0 aliphatic carbocycles. The largest absolute Gasteiger partial charge is 0.376 e. The third kappa shape index (κ3) is 2.74. The molecule has 6 heteroatoms. The third-order valence-electron chi connectivity index (χ3n) is 2.87. The number of non-ortho nitro benzene ring substituents is 1. The van der Waals surface area contributed by atoms with Crippen LogP contribution in [0.25, 0.3) is 0 Å². The minimum Gasteiger partial charge on any atom is -0.376 e.